The molecule has 0 aliphatic rings. The molecule has 0 saturated carbocycles. The maximum Gasteiger partial charge on any atom is 0.306 e. The first-order chi connectivity index (χ1) is 33.0. The van der Waals surface area contributed by atoms with Gasteiger partial charge in [-0.3, -0.25) is 14.4 Å². The lowest BCUT2D eigenvalue weighted by Crippen LogP contribution is -2.30. The number of unbranched alkanes of at least 4 members (excludes halogenated alkanes) is 25. The van der Waals surface area contributed by atoms with Crippen molar-refractivity contribution in [2.45, 2.75) is 271 Å². The molecule has 0 radical (unpaired) electrons. The summed E-state index contributed by atoms with van der Waals surface area (Å²) in [6.45, 7) is 6.47. The Labute approximate surface area is 414 Å². The molecular weight excluding hydrogens is 829 g/mol. The summed E-state index contributed by atoms with van der Waals surface area (Å²) in [5.41, 5.74) is 0. The number of rotatable bonds is 50. The van der Waals surface area contributed by atoms with E-state index in [1.165, 1.54) is 103 Å². The Balaban J connectivity index is 4.46. The summed E-state index contributed by atoms with van der Waals surface area (Å²) in [7, 11) is 0. The summed E-state index contributed by atoms with van der Waals surface area (Å²) < 4.78 is 16.8. The molecular formula is C61H104O6. The van der Waals surface area contributed by atoms with Crippen molar-refractivity contribution in [2.75, 3.05) is 13.2 Å². The molecule has 0 spiro atoms. The van der Waals surface area contributed by atoms with Crippen LogP contribution < -0.4 is 0 Å². The first kappa shape index (κ1) is 63.6. The van der Waals surface area contributed by atoms with Crippen LogP contribution in [0.4, 0.5) is 0 Å². The van der Waals surface area contributed by atoms with Crippen LogP contribution in [0.15, 0.2) is 85.1 Å². The second kappa shape index (κ2) is 55.2. The molecule has 0 aliphatic carbocycles. The van der Waals surface area contributed by atoms with Gasteiger partial charge in [0.15, 0.2) is 6.10 Å². The summed E-state index contributed by atoms with van der Waals surface area (Å²) in [6, 6.07) is 0. The van der Waals surface area contributed by atoms with E-state index in [1.54, 1.807) is 0 Å². The molecule has 0 aromatic carbocycles. The fraction of sp³-hybridized carbons (Fsp3) is 0.721. The van der Waals surface area contributed by atoms with Crippen LogP contribution in [0.3, 0.4) is 0 Å². The maximum atomic E-state index is 12.8. The van der Waals surface area contributed by atoms with E-state index in [1.807, 2.05) is 0 Å². The number of allylic oxidation sites excluding steroid dienone is 14. The van der Waals surface area contributed by atoms with Crippen molar-refractivity contribution in [2.24, 2.45) is 0 Å². The van der Waals surface area contributed by atoms with Gasteiger partial charge in [0.25, 0.3) is 0 Å². The van der Waals surface area contributed by atoms with Gasteiger partial charge in [-0.15, -0.1) is 0 Å². The minimum atomic E-state index is -0.797. The quantitative estimate of drug-likeness (QED) is 0.0262. The fourth-order valence-corrected chi connectivity index (χ4v) is 7.68. The number of carbonyl (C=O) groups is 3. The Morgan fingerprint density at radius 2 is 0.582 bits per heavy atom. The van der Waals surface area contributed by atoms with Gasteiger partial charge < -0.3 is 14.2 Å². The molecule has 0 heterocycles. The smallest absolute Gasteiger partial charge is 0.306 e. The van der Waals surface area contributed by atoms with Gasteiger partial charge in [0.2, 0.25) is 0 Å². The van der Waals surface area contributed by atoms with Crippen molar-refractivity contribution in [1.82, 2.24) is 0 Å². The molecule has 0 aromatic heterocycles. The van der Waals surface area contributed by atoms with Gasteiger partial charge in [-0.05, 0) is 96.3 Å². The third kappa shape index (κ3) is 53.4. The summed E-state index contributed by atoms with van der Waals surface area (Å²) in [5.74, 6) is -0.933. The first-order valence-electron chi connectivity index (χ1n) is 28.1. The third-order valence-electron chi connectivity index (χ3n) is 11.9. The zero-order chi connectivity index (χ0) is 48.6. The number of carbonyl (C=O) groups excluding carboxylic acids is 3. The standard InChI is InChI=1S/C61H104O6/c1-4-7-10-13-16-19-22-25-28-29-30-31-34-36-39-42-45-48-51-54-60(63)66-57-58(67-61(64)55-52-49-46-43-40-37-33-27-24-21-18-15-12-9-6-3)56-65-59(62)53-50-47-44-41-38-35-32-26-23-20-17-14-11-8-5-2/h7,10,16,18-19,21,25,27-28,30-31,33,36,39,58H,4-6,8-9,11-15,17,20,22-24,26,29,32,34-35,37-38,40-57H2,1-3H3/b10-7-,19-16-,21-18-,28-25-,31-30-,33-27-,39-36-. The number of hydrogen-bond donors (Lipinski definition) is 0. The van der Waals surface area contributed by atoms with E-state index in [4.69, 9.17) is 14.2 Å². The monoisotopic (exact) mass is 933 g/mol. The van der Waals surface area contributed by atoms with Crippen molar-refractivity contribution in [3.8, 4) is 0 Å². The zero-order valence-electron chi connectivity index (χ0n) is 43.9. The topological polar surface area (TPSA) is 78.9 Å². The van der Waals surface area contributed by atoms with Crippen LogP contribution in [0, 0.1) is 0 Å². The van der Waals surface area contributed by atoms with E-state index in [0.717, 1.165) is 122 Å². The summed E-state index contributed by atoms with van der Waals surface area (Å²) in [4.78, 5) is 38.1. The molecule has 0 bridgehead atoms. The van der Waals surface area contributed by atoms with Gasteiger partial charge in [0, 0.05) is 19.3 Å². The molecule has 0 saturated heterocycles. The molecule has 0 aromatic rings. The van der Waals surface area contributed by atoms with Crippen LogP contribution in [-0.2, 0) is 28.6 Å². The molecule has 0 aliphatic heterocycles. The third-order valence-corrected chi connectivity index (χ3v) is 11.9. The van der Waals surface area contributed by atoms with E-state index >= 15 is 0 Å². The zero-order valence-corrected chi connectivity index (χ0v) is 43.9. The Hall–Kier alpha value is -3.41. The summed E-state index contributed by atoms with van der Waals surface area (Å²) >= 11 is 0. The molecule has 384 valence electrons. The van der Waals surface area contributed by atoms with E-state index in [2.05, 4.69) is 106 Å². The van der Waals surface area contributed by atoms with Crippen LogP contribution in [-0.4, -0.2) is 37.2 Å². The van der Waals surface area contributed by atoms with Crippen LogP contribution in [0.1, 0.15) is 265 Å². The van der Waals surface area contributed by atoms with Gasteiger partial charge >= 0.3 is 17.9 Å². The Morgan fingerprint density at radius 1 is 0.313 bits per heavy atom. The van der Waals surface area contributed by atoms with Crippen LogP contribution in [0.5, 0.6) is 0 Å². The highest BCUT2D eigenvalue weighted by atomic mass is 16.6. The van der Waals surface area contributed by atoms with E-state index in [9.17, 15) is 14.4 Å². The first-order valence-corrected chi connectivity index (χ1v) is 28.1. The molecule has 0 N–H and O–H groups in total. The lowest BCUT2D eigenvalue weighted by atomic mass is 10.0. The Morgan fingerprint density at radius 3 is 0.955 bits per heavy atom. The van der Waals surface area contributed by atoms with Crippen molar-refractivity contribution in [1.29, 1.82) is 0 Å². The SMILES string of the molecule is CC/C=C\C/C=C\C/C=C\C/C=C\C/C=C\CCCCCC(=O)OCC(COC(=O)CCCCCCCCCCCCCCCCC)OC(=O)CCCCCCC/C=C\C/C=C\CCCCC. The predicted molar refractivity (Wildman–Crippen MR) is 288 cm³/mol. The van der Waals surface area contributed by atoms with Crippen molar-refractivity contribution >= 4 is 17.9 Å². The fourth-order valence-electron chi connectivity index (χ4n) is 7.68. The summed E-state index contributed by atoms with van der Waals surface area (Å²) in [6.07, 6.45) is 71.4. The number of esters is 3. The van der Waals surface area contributed by atoms with Crippen LogP contribution in [0.2, 0.25) is 0 Å². The van der Waals surface area contributed by atoms with E-state index in [-0.39, 0.29) is 31.1 Å². The van der Waals surface area contributed by atoms with Gasteiger partial charge in [-0.25, -0.2) is 0 Å². The molecule has 1 atom stereocenters. The minimum absolute atomic E-state index is 0.0913. The molecule has 67 heavy (non-hydrogen) atoms. The highest BCUT2D eigenvalue weighted by Crippen LogP contribution is 2.15. The van der Waals surface area contributed by atoms with E-state index in [0.29, 0.717) is 19.3 Å². The summed E-state index contributed by atoms with van der Waals surface area (Å²) in [5, 5.41) is 0. The van der Waals surface area contributed by atoms with Crippen LogP contribution in [0.25, 0.3) is 0 Å². The molecule has 6 nitrogen and oxygen atoms in total. The number of ether oxygens (including phenoxy) is 3. The van der Waals surface area contributed by atoms with Crippen molar-refractivity contribution in [3.63, 3.8) is 0 Å². The Bertz CT molecular complexity index is 1300. The van der Waals surface area contributed by atoms with E-state index < -0.39 is 6.10 Å². The molecule has 0 rings (SSSR count). The van der Waals surface area contributed by atoms with Crippen molar-refractivity contribution < 1.29 is 28.6 Å². The maximum absolute atomic E-state index is 12.8. The lowest BCUT2D eigenvalue weighted by Gasteiger charge is -2.18. The van der Waals surface area contributed by atoms with Gasteiger partial charge in [0.05, 0.1) is 0 Å². The van der Waals surface area contributed by atoms with Crippen molar-refractivity contribution in [3.05, 3.63) is 85.1 Å². The second-order valence-corrected chi connectivity index (χ2v) is 18.5. The number of hydrogen-bond acceptors (Lipinski definition) is 6. The normalized spacial score (nSPS) is 12.7. The highest BCUT2D eigenvalue weighted by molar-refractivity contribution is 5.71. The van der Waals surface area contributed by atoms with Gasteiger partial charge in [-0.1, -0.05) is 234 Å². The van der Waals surface area contributed by atoms with Gasteiger partial charge in [0.1, 0.15) is 13.2 Å². The van der Waals surface area contributed by atoms with Crippen LogP contribution >= 0.6 is 0 Å². The minimum Gasteiger partial charge on any atom is -0.462 e. The average molecular weight is 933 g/mol. The van der Waals surface area contributed by atoms with Gasteiger partial charge in [-0.2, -0.15) is 0 Å². The molecule has 0 amide bonds. The predicted octanol–water partition coefficient (Wildman–Crippen LogP) is 18.8. The molecule has 6 heteroatoms. The highest BCUT2D eigenvalue weighted by Gasteiger charge is 2.19. The largest absolute Gasteiger partial charge is 0.462 e. The molecule has 1 unspecified atom stereocenters. The Kier molecular flexibility index (Phi) is 52.4. The average Bonchev–Trinajstić information content (AvgIpc) is 3.33. The second-order valence-electron chi connectivity index (χ2n) is 18.5. The molecule has 0 fully saturated rings. The lowest BCUT2D eigenvalue weighted by molar-refractivity contribution is -0.167.